The van der Waals surface area contributed by atoms with Gasteiger partial charge in [-0.2, -0.15) is 0 Å². The minimum Gasteiger partial charge on any atom is -0.393 e. The average Bonchev–Trinajstić information content (AvgIpc) is 2.28. The second-order valence-electron chi connectivity index (χ2n) is 4.13. The van der Waals surface area contributed by atoms with Crippen molar-refractivity contribution in [1.29, 1.82) is 0 Å². The number of sulfone groups is 1. The van der Waals surface area contributed by atoms with Gasteiger partial charge in [-0.15, -0.1) is 0 Å². The molecule has 1 N–H and O–H groups in total. The molecule has 0 aliphatic rings. The number of rotatable bonds is 5. The van der Waals surface area contributed by atoms with Crippen molar-refractivity contribution in [2.24, 2.45) is 5.11 Å². The summed E-state index contributed by atoms with van der Waals surface area (Å²) in [4.78, 5) is 2.92. The Balaban J connectivity index is 2.89. The molecule has 1 rings (SSSR count). The van der Waals surface area contributed by atoms with Crippen molar-refractivity contribution in [3.8, 4) is 0 Å². The third kappa shape index (κ3) is 4.03. The number of hydrogen-bond donors (Lipinski definition) is 1. The molecule has 0 fully saturated rings. The molecule has 0 heterocycles. The van der Waals surface area contributed by atoms with Gasteiger partial charge in [0.2, 0.25) is 0 Å². The highest BCUT2D eigenvalue weighted by molar-refractivity contribution is 7.90. The maximum absolute atomic E-state index is 11.3. The summed E-state index contributed by atoms with van der Waals surface area (Å²) in [5.74, 6) is 0. The summed E-state index contributed by atoms with van der Waals surface area (Å²) < 4.78 is 22.5. The summed E-state index contributed by atoms with van der Waals surface area (Å²) in [6, 6.07) is 5.75. The lowest BCUT2D eigenvalue weighted by Gasteiger charge is -2.14. The zero-order chi connectivity index (χ0) is 13.8. The molecule has 0 aliphatic carbocycles. The molecule has 0 aliphatic heterocycles. The molecule has 1 aromatic rings. The highest BCUT2D eigenvalue weighted by Crippen LogP contribution is 2.14. The van der Waals surface area contributed by atoms with E-state index in [1.807, 2.05) is 0 Å². The van der Waals surface area contributed by atoms with E-state index in [4.69, 9.17) is 5.53 Å². The van der Waals surface area contributed by atoms with Crippen LogP contribution in [0.5, 0.6) is 0 Å². The van der Waals surface area contributed by atoms with Crippen LogP contribution in [-0.2, 0) is 16.3 Å². The predicted octanol–water partition coefficient (Wildman–Crippen LogP) is 1.69. The van der Waals surface area contributed by atoms with Crippen LogP contribution in [0.3, 0.4) is 0 Å². The third-order valence-corrected chi connectivity index (χ3v) is 3.68. The molecular formula is C11H15N3O3S. The van der Waals surface area contributed by atoms with Gasteiger partial charge in [-0.1, -0.05) is 17.2 Å². The van der Waals surface area contributed by atoms with Crippen LogP contribution in [0.1, 0.15) is 12.5 Å². The maximum Gasteiger partial charge on any atom is 0.175 e. The van der Waals surface area contributed by atoms with Gasteiger partial charge in [0.15, 0.2) is 9.84 Å². The van der Waals surface area contributed by atoms with E-state index in [0.717, 1.165) is 11.8 Å². The van der Waals surface area contributed by atoms with Crippen LogP contribution in [-0.4, -0.2) is 31.9 Å². The number of azide groups is 1. The second kappa shape index (κ2) is 5.86. The highest BCUT2D eigenvalue weighted by Gasteiger charge is 2.14. The van der Waals surface area contributed by atoms with E-state index in [1.54, 1.807) is 19.1 Å². The Kier molecular flexibility index (Phi) is 4.72. The summed E-state index contributed by atoms with van der Waals surface area (Å²) in [5, 5.41) is 12.9. The average molecular weight is 269 g/mol. The Bertz CT molecular complexity index is 545. The first-order valence-electron chi connectivity index (χ1n) is 5.36. The molecule has 0 bridgehead atoms. The summed E-state index contributed by atoms with van der Waals surface area (Å²) in [7, 11) is -3.21. The van der Waals surface area contributed by atoms with Crippen molar-refractivity contribution in [3.05, 3.63) is 40.3 Å². The van der Waals surface area contributed by atoms with E-state index in [9.17, 15) is 13.5 Å². The van der Waals surface area contributed by atoms with Crippen molar-refractivity contribution in [2.75, 3.05) is 6.26 Å². The zero-order valence-electron chi connectivity index (χ0n) is 10.2. The van der Waals surface area contributed by atoms with Crippen LogP contribution in [0, 0.1) is 0 Å². The van der Waals surface area contributed by atoms with E-state index in [2.05, 4.69) is 10.0 Å². The largest absolute Gasteiger partial charge is 0.393 e. The first kappa shape index (κ1) is 14.5. The van der Waals surface area contributed by atoms with Crippen molar-refractivity contribution in [3.63, 3.8) is 0 Å². The van der Waals surface area contributed by atoms with Crippen LogP contribution in [0.25, 0.3) is 10.4 Å². The van der Waals surface area contributed by atoms with Crippen molar-refractivity contribution >= 4 is 9.84 Å². The molecule has 0 unspecified atom stereocenters. The Morgan fingerprint density at radius 2 is 1.94 bits per heavy atom. The lowest BCUT2D eigenvalue weighted by atomic mass is 10.0. The molecule has 0 saturated heterocycles. The van der Waals surface area contributed by atoms with Gasteiger partial charge < -0.3 is 5.11 Å². The van der Waals surface area contributed by atoms with Crippen LogP contribution < -0.4 is 0 Å². The van der Waals surface area contributed by atoms with Crippen LogP contribution in [0.4, 0.5) is 0 Å². The first-order chi connectivity index (χ1) is 8.34. The van der Waals surface area contributed by atoms with Gasteiger partial charge in [0.05, 0.1) is 17.0 Å². The molecule has 0 radical (unpaired) electrons. The van der Waals surface area contributed by atoms with Crippen LogP contribution in [0.2, 0.25) is 0 Å². The van der Waals surface area contributed by atoms with Crippen molar-refractivity contribution < 1.29 is 13.5 Å². The molecule has 0 saturated carbocycles. The molecule has 18 heavy (non-hydrogen) atoms. The number of hydrogen-bond acceptors (Lipinski definition) is 4. The lowest BCUT2D eigenvalue weighted by Crippen LogP contribution is -2.22. The SMILES string of the molecule is C[C@@H](O)[C@H](Cc1ccc(S(C)(=O)=O)cc1)N=[N+]=[N-]. The van der Waals surface area contributed by atoms with Gasteiger partial charge in [0.25, 0.3) is 0 Å². The lowest BCUT2D eigenvalue weighted by molar-refractivity contribution is 0.163. The van der Waals surface area contributed by atoms with Crippen molar-refractivity contribution in [1.82, 2.24) is 0 Å². The highest BCUT2D eigenvalue weighted by atomic mass is 32.2. The smallest absolute Gasteiger partial charge is 0.175 e. The summed E-state index contributed by atoms with van der Waals surface area (Å²) in [5.41, 5.74) is 9.19. The third-order valence-electron chi connectivity index (χ3n) is 2.55. The molecule has 1 aromatic carbocycles. The number of nitrogens with zero attached hydrogens (tertiary/aromatic N) is 3. The number of aliphatic hydroxyl groups excluding tert-OH is 1. The fourth-order valence-corrected chi connectivity index (χ4v) is 2.12. The molecule has 0 spiro atoms. The molecule has 6 nitrogen and oxygen atoms in total. The monoisotopic (exact) mass is 269 g/mol. The number of benzene rings is 1. The first-order valence-corrected chi connectivity index (χ1v) is 7.25. The Morgan fingerprint density at radius 3 is 2.33 bits per heavy atom. The predicted molar refractivity (Wildman–Crippen MR) is 67.9 cm³/mol. The zero-order valence-corrected chi connectivity index (χ0v) is 11.0. The Hall–Kier alpha value is -1.56. The molecule has 2 atom stereocenters. The Morgan fingerprint density at radius 1 is 1.39 bits per heavy atom. The fourth-order valence-electron chi connectivity index (χ4n) is 1.49. The van der Waals surface area contributed by atoms with Crippen LogP contribution in [0.15, 0.2) is 34.3 Å². The minimum atomic E-state index is -3.21. The van der Waals surface area contributed by atoms with E-state index in [0.29, 0.717) is 6.42 Å². The molecule has 0 aromatic heterocycles. The fraction of sp³-hybridized carbons (Fsp3) is 0.455. The van der Waals surface area contributed by atoms with Gasteiger partial charge in [0.1, 0.15) is 0 Å². The molecule has 98 valence electrons. The van der Waals surface area contributed by atoms with E-state index in [-0.39, 0.29) is 4.90 Å². The maximum atomic E-state index is 11.3. The van der Waals surface area contributed by atoms with Gasteiger partial charge in [-0.05, 0) is 36.6 Å². The van der Waals surface area contributed by atoms with Crippen molar-refractivity contribution in [2.45, 2.75) is 30.4 Å². The van der Waals surface area contributed by atoms with E-state index < -0.39 is 22.0 Å². The summed E-state index contributed by atoms with van der Waals surface area (Å²) >= 11 is 0. The van der Waals surface area contributed by atoms with E-state index >= 15 is 0 Å². The molecule has 0 amide bonds. The number of aliphatic hydroxyl groups is 1. The summed E-state index contributed by atoms with van der Waals surface area (Å²) in [6.07, 6.45) is 0.752. The van der Waals surface area contributed by atoms with Gasteiger partial charge >= 0.3 is 0 Å². The topological polar surface area (TPSA) is 103 Å². The normalized spacial score (nSPS) is 14.6. The summed E-state index contributed by atoms with van der Waals surface area (Å²) in [6.45, 7) is 1.55. The second-order valence-corrected chi connectivity index (χ2v) is 6.15. The van der Waals surface area contributed by atoms with Crippen LogP contribution >= 0.6 is 0 Å². The quantitative estimate of drug-likeness (QED) is 0.499. The molecular weight excluding hydrogens is 254 g/mol. The Labute approximate surface area is 106 Å². The van der Waals surface area contributed by atoms with Gasteiger partial charge in [0, 0.05) is 11.2 Å². The molecule has 7 heteroatoms. The van der Waals surface area contributed by atoms with Gasteiger partial charge in [-0.3, -0.25) is 0 Å². The van der Waals surface area contributed by atoms with E-state index in [1.165, 1.54) is 12.1 Å². The van der Waals surface area contributed by atoms with Gasteiger partial charge in [-0.25, -0.2) is 8.42 Å². The standard InChI is InChI=1S/C11H15N3O3S/c1-8(15)11(13-14-12)7-9-3-5-10(6-4-9)18(2,16)17/h3-6,8,11,15H,7H2,1-2H3/t8-,11+/m1/s1. The minimum absolute atomic E-state index is 0.239.